The molecule has 0 spiro atoms. The second-order valence-electron chi connectivity index (χ2n) is 4.04. The Morgan fingerprint density at radius 2 is 2.25 bits per heavy atom. The predicted octanol–water partition coefficient (Wildman–Crippen LogP) is 3.31. The van der Waals surface area contributed by atoms with Crippen molar-refractivity contribution in [2.45, 2.75) is 5.88 Å². The van der Waals surface area contributed by atoms with Crippen LogP contribution in [0.1, 0.15) is 11.3 Å². The molecule has 0 aliphatic rings. The van der Waals surface area contributed by atoms with Crippen LogP contribution in [-0.2, 0) is 12.9 Å². The molecule has 2 aromatic rings. The molecule has 0 bridgehead atoms. The van der Waals surface area contributed by atoms with E-state index in [-0.39, 0.29) is 5.69 Å². The smallest absolute Gasteiger partial charge is 0.278 e. The molecule has 0 atom stereocenters. The number of para-hydroxylation sites is 1. The molecule has 7 heteroatoms. The largest absolute Gasteiger partial charge is 0.323 e. The maximum Gasteiger partial charge on any atom is 0.278 e. The van der Waals surface area contributed by atoms with Gasteiger partial charge < -0.3 is 4.57 Å². The standard InChI is InChI=1S/C13H12ClN3O2S/c1-9(11-5-3-4-6-12(11)17(18)19)15-13-16(2)10(7-14)8-20-13/h3-6,8H,1,7H2,2H3. The molecule has 0 fully saturated rings. The van der Waals surface area contributed by atoms with Crippen molar-refractivity contribution >= 4 is 34.3 Å². The topological polar surface area (TPSA) is 60.4 Å². The van der Waals surface area contributed by atoms with Crippen molar-refractivity contribution in [2.75, 3.05) is 0 Å². The van der Waals surface area contributed by atoms with Gasteiger partial charge in [0.1, 0.15) is 0 Å². The molecule has 1 aromatic carbocycles. The molecule has 0 radical (unpaired) electrons. The molecule has 1 aromatic heterocycles. The van der Waals surface area contributed by atoms with Crippen LogP contribution in [-0.4, -0.2) is 9.49 Å². The van der Waals surface area contributed by atoms with E-state index in [0.717, 1.165) is 5.69 Å². The van der Waals surface area contributed by atoms with Gasteiger partial charge in [0.25, 0.3) is 5.69 Å². The summed E-state index contributed by atoms with van der Waals surface area (Å²) in [7, 11) is 1.85. The molecule has 0 saturated heterocycles. The van der Waals surface area contributed by atoms with E-state index in [4.69, 9.17) is 11.6 Å². The summed E-state index contributed by atoms with van der Waals surface area (Å²) in [6, 6.07) is 6.42. The minimum Gasteiger partial charge on any atom is -0.323 e. The van der Waals surface area contributed by atoms with Crippen molar-refractivity contribution < 1.29 is 4.92 Å². The van der Waals surface area contributed by atoms with Crippen molar-refractivity contribution in [1.82, 2.24) is 4.57 Å². The Labute approximate surface area is 124 Å². The lowest BCUT2D eigenvalue weighted by Crippen LogP contribution is -2.12. The highest BCUT2D eigenvalue weighted by Gasteiger charge is 2.14. The average molecular weight is 310 g/mol. The van der Waals surface area contributed by atoms with E-state index in [1.54, 1.807) is 18.2 Å². The normalized spacial score (nSPS) is 11.6. The third-order valence-electron chi connectivity index (χ3n) is 2.80. The first-order valence-electron chi connectivity index (χ1n) is 5.71. The van der Waals surface area contributed by atoms with Crippen molar-refractivity contribution in [3.63, 3.8) is 0 Å². The predicted molar refractivity (Wildman–Crippen MR) is 80.5 cm³/mol. The van der Waals surface area contributed by atoms with Gasteiger partial charge in [-0.1, -0.05) is 18.7 Å². The van der Waals surface area contributed by atoms with Crippen LogP contribution in [0, 0.1) is 10.1 Å². The summed E-state index contributed by atoms with van der Waals surface area (Å²) in [6.45, 7) is 3.83. The molecule has 0 saturated carbocycles. The maximum absolute atomic E-state index is 11.0. The number of aromatic nitrogens is 1. The molecular formula is C13H12ClN3O2S. The zero-order valence-corrected chi connectivity index (χ0v) is 12.3. The summed E-state index contributed by atoms with van der Waals surface area (Å²) in [5.74, 6) is 0.389. The lowest BCUT2D eigenvalue weighted by molar-refractivity contribution is -0.385. The molecule has 20 heavy (non-hydrogen) atoms. The number of nitro groups is 1. The molecule has 0 unspecified atom stereocenters. The summed E-state index contributed by atoms with van der Waals surface area (Å²) in [6.07, 6.45) is 0. The van der Waals surface area contributed by atoms with E-state index in [9.17, 15) is 10.1 Å². The van der Waals surface area contributed by atoms with Gasteiger partial charge in [-0.15, -0.1) is 22.9 Å². The minimum atomic E-state index is -0.436. The Bertz CT molecular complexity index is 733. The van der Waals surface area contributed by atoms with Gasteiger partial charge in [-0.3, -0.25) is 10.1 Å². The molecule has 0 aliphatic heterocycles. The van der Waals surface area contributed by atoms with E-state index in [1.165, 1.54) is 17.4 Å². The highest BCUT2D eigenvalue weighted by atomic mass is 35.5. The van der Waals surface area contributed by atoms with Crippen LogP contribution in [0.25, 0.3) is 5.70 Å². The van der Waals surface area contributed by atoms with Gasteiger partial charge in [0.15, 0.2) is 4.80 Å². The van der Waals surface area contributed by atoms with Crippen LogP contribution in [0.2, 0.25) is 0 Å². The van der Waals surface area contributed by atoms with Gasteiger partial charge >= 0.3 is 0 Å². The molecule has 0 N–H and O–H groups in total. The lowest BCUT2D eigenvalue weighted by Gasteiger charge is -2.02. The zero-order valence-electron chi connectivity index (χ0n) is 10.7. The Hall–Kier alpha value is -1.92. The second-order valence-corrected chi connectivity index (χ2v) is 5.14. The minimum absolute atomic E-state index is 0.00183. The molecule has 0 aliphatic carbocycles. The van der Waals surface area contributed by atoms with Crippen molar-refractivity contribution in [2.24, 2.45) is 12.0 Å². The number of hydrogen-bond acceptors (Lipinski definition) is 4. The monoisotopic (exact) mass is 309 g/mol. The highest BCUT2D eigenvalue weighted by Crippen LogP contribution is 2.24. The summed E-state index contributed by atoms with van der Waals surface area (Å²) in [4.78, 5) is 15.6. The number of nitrogens with zero attached hydrogens (tertiary/aromatic N) is 3. The van der Waals surface area contributed by atoms with Crippen molar-refractivity contribution in [1.29, 1.82) is 0 Å². The molecule has 0 amide bonds. The van der Waals surface area contributed by atoms with Crippen LogP contribution < -0.4 is 4.80 Å². The van der Waals surface area contributed by atoms with Crippen LogP contribution >= 0.6 is 22.9 Å². The van der Waals surface area contributed by atoms with Crippen LogP contribution in [0.15, 0.2) is 41.2 Å². The summed E-state index contributed by atoms with van der Waals surface area (Å²) >= 11 is 7.22. The van der Waals surface area contributed by atoms with Crippen LogP contribution in [0.4, 0.5) is 5.69 Å². The van der Waals surface area contributed by atoms with Gasteiger partial charge in [-0.25, -0.2) is 4.99 Å². The van der Waals surface area contributed by atoms with Gasteiger partial charge in [0.2, 0.25) is 0 Å². The fourth-order valence-corrected chi connectivity index (χ4v) is 2.95. The molecule has 2 rings (SSSR count). The SMILES string of the molecule is C=C(N=c1scc(CCl)n1C)c1ccccc1[N+](=O)[O-]. The van der Waals surface area contributed by atoms with E-state index in [0.29, 0.717) is 21.9 Å². The maximum atomic E-state index is 11.0. The Morgan fingerprint density at radius 1 is 1.55 bits per heavy atom. The Kier molecular flexibility index (Phi) is 4.36. The van der Waals surface area contributed by atoms with E-state index < -0.39 is 4.92 Å². The number of thiazole rings is 1. The van der Waals surface area contributed by atoms with Gasteiger partial charge in [-0.2, -0.15) is 0 Å². The van der Waals surface area contributed by atoms with Crippen LogP contribution in [0.5, 0.6) is 0 Å². The van der Waals surface area contributed by atoms with Crippen molar-refractivity contribution in [3.05, 3.63) is 62.4 Å². The quantitative estimate of drug-likeness (QED) is 0.494. The van der Waals surface area contributed by atoms with E-state index in [2.05, 4.69) is 11.6 Å². The van der Waals surface area contributed by atoms with Gasteiger partial charge in [-0.05, 0) is 6.07 Å². The third kappa shape index (κ3) is 2.81. The summed E-state index contributed by atoms with van der Waals surface area (Å²) < 4.78 is 1.84. The summed E-state index contributed by atoms with van der Waals surface area (Å²) in [5.41, 5.74) is 1.71. The van der Waals surface area contributed by atoms with Crippen LogP contribution in [0.3, 0.4) is 0 Å². The number of benzene rings is 1. The first-order valence-corrected chi connectivity index (χ1v) is 7.12. The number of halogens is 1. The zero-order chi connectivity index (χ0) is 14.7. The highest BCUT2D eigenvalue weighted by molar-refractivity contribution is 7.07. The number of alkyl halides is 1. The Balaban J connectivity index is 2.47. The number of nitro benzene ring substituents is 1. The Morgan fingerprint density at radius 3 is 2.85 bits per heavy atom. The average Bonchev–Trinajstić information content (AvgIpc) is 2.79. The molecule has 1 heterocycles. The third-order valence-corrected chi connectivity index (χ3v) is 4.04. The number of hydrogen-bond donors (Lipinski definition) is 0. The first kappa shape index (κ1) is 14.5. The lowest BCUT2D eigenvalue weighted by atomic mass is 10.1. The second kappa shape index (κ2) is 6.02. The van der Waals surface area contributed by atoms with Gasteiger partial charge in [0, 0.05) is 24.2 Å². The summed E-state index contributed by atoms with van der Waals surface area (Å²) in [5, 5.41) is 12.9. The molecule has 5 nitrogen and oxygen atoms in total. The first-order chi connectivity index (χ1) is 9.54. The number of rotatable bonds is 4. The molecular weight excluding hydrogens is 298 g/mol. The van der Waals surface area contributed by atoms with Gasteiger partial charge in [0.05, 0.1) is 22.1 Å². The fraction of sp³-hybridized carbons (Fsp3) is 0.154. The van der Waals surface area contributed by atoms with E-state index in [1.807, 2.05) is 17.0 Å². The van der Waals surface area contributed by atoms with E-state index >= 15 is 0 Å². The fourth-order valence-electron chi connectivity index (χ4n) is 1.68. The molecule has 104 valence electrons. The van der Waals surface area contributed by atoms with Crippen molar-refractivity contribution in [3.8, 4) is 0 Å².